The van der Waals surface area contributed by atoms with Crippen molar-refractivity contribution in [1.29, 1.82) is 0 Å². The zero-order chi connectivity index (χ0) is 20.3. The Hall–Kier alpha value is -2.38. The van der Waals surface area contributed by atoms with Gasteiger partial charge in [-0.3, -0.25) is 14.4 Å². The molecule has 1 heterocycles. The second-order valence-corrected chi connectivity index (χ2v) is 7.84. The van der Waals surface area contributed by atoms with Crippen LogP contribution in [0.1, 0.15) is 12.0 Å². The van der Waals surface area contributed by atoms with Gasteiger partial charge in [-0.1, -0.05) is 45.2 Å². The average Bonchev–Trinajstić information content (AvgIpc) is 3.04. The quantitative estimate of drug-likeness (QED) is 0.679. The lowest BCUT2D eigenvalue weighted by molar-refractivity contribution is -0.151. The molecular formula is C20H18BrClN2O4. The number of carbonyl (C=O) groups excluding carboxylic acids is 3. The van der Waals surface area contributed by atoms with Gasteiger partial charge in [0, 0.05) is 23.1 Å². The summed E-state index contributed by atoms with van der Waals surface area (Å²) in [6.45, 7) is 1.75. The third-order valence-corrected chi connectivity index (χ3v) is 5.16. The molecule has 0 saturated carbocycles. The summed E-state index contributed by atoms with van der Waals surface area (Å²) in [7, 11) is 0. The molecule has 1 atom stereocenters. The van der Waals surface area contributed by atoms with Crippen molar-refractivity contribution in [2.24, 2.45) is 5.92 Å². The molecule has 1 aliphatic heterocycles. The molecule has 0 bridgehead atoms. The molecule has 0 spiro atoms. The van der Waals surface area contributed by atoms with Gasteiger partial charge in [0.1, 0.15) is 0 Å². The first-order valence-corrected chi connectivity index (χ1v) is 9.79. The minimum absolute atomic E-state index is 0.0624. The van der Waals surface area contributed by atoms with Crippen LogP contribution in [0.4, 0.5) is 11.4 Å². The van der Waals surface area contributed by atoms with Crippen molar-refractivity contribution in [3.63, 3.8) is 0 Å². The Morgan fingerprint density at radius 3 is 2.64 bits per heavy atom. The summed E-state index contributed by atoms with van der Waals surface area (Å²) in [5.41, 5.74) is 2.25. The fourth-order valence-corrected chi connectivity index (χ4v) is 3.59. The second kappa shape index (κ2) is 8.75. The molecule has 1 aliphatic rings. The minimum Gasteiger partial charge on any atom is -0.455 e. The Labute approximate surface area is 175 Å². The number of rotatable bonds is 5. The van der Waals surface area contributed by atoms with E-state index in [4.69, 9.17) is 16.3 Å². The number of nitrogens with one attached hydrogen (secondary N) is 1. The van der Waals surface area contributed by atoms with Crippen LogP contribution in [0.3, 0.4) is 0 Å². The van der Waals surface area contributed by atoms with Crippen molar-refractivity contribution in [3.8, 4) is 0 Å². The normalized spacial score (nSPS) is 16.2. The van der Waals surface area contributed by atoms with E-state index in [-0.39, 0.29) is 18.9 Å². The van der Waals surface area contributed by atoms with Crippen molar-refractivity contribution >= 4 is 56.7 Å². The summed E-state index contributed by atoms with van der Waals surface area (Å²) >= 11 is 9.33. The van der Waals surface area contributed by atoms with Crippen LogP contribution in [0, 0.1) is 12.8 Å². The van der Waals surface area contributed by atoms with Crippen LogP contribution in [-0.4, -0.2) is 30.9 Å². The van der Waals surface area contributed by atoms with Crippen LogP contribution >= 0.6 is 27.5 Å². The van der Waals surface area contributed by atoms with Crippen LogP contribution < -0.4 is 10.2 Å². The molecular weight excluding hydrogens is 448 g/mol. The highest BCUT2D eigenvalue weighted by atomic mass is 79.9. The smallest absolute Gasteiger partial charge is 0.311 e. The molecule has 0 radical (unpaired) electrons. The van der Waals surface area contributed by atoms with Crippen LogP contribution in [0.5, 0.6) is 0 Å². The summed E-state index contributed by atoms with van der Waals surface area (Å²) < 4.78 is 5.88. The highest BCUT2D eigenvalue weighted by Crippen LogP contribution is 2.27. The number of aryl methyl sites for hydroxylation is 1. The Morgan fingerprint density at radius 2 is 1.96 bits per heavy atom. The van der Waals surface area contributed by atoms with E-state index in [0.717, 1.165) is 15.7 Å². The van der Waals surface area contributed by atoms with E-state index in [1.807, 2.05) is 31.2 Å². The SMILES string of the molecule is Cc1ccc(N2C[C@H](C(=O)OCC(=O)Nc3ccc(Br)cc3Cl)CC2=O)cc1. The molecule has 2 amide bonds. The van der Waals surface area contributed by atoms with Crippen molar-refractivity contribution in [2.75, 3.05) is 23.4 Å². The number of hydrogen-bond acceptors (Lipinski definition) is 4. The fourth-order valence-electron chi connectivity index (χ4n) is 2.87. The molecule has 28 heavy (non-hydrogen) atoms. The Kier molecular flexibility index (Phi) is 6.36. The topological polar surface area (TPSA) is 75.7 Å². The minimum atomic E-state index is -0.599. The zero-order valence-electron chi connectivity index (χ0n) is 15.1. The third-order valence-electron chi connectivity index (χ3n) is 4.35. The fraction of sp³-hybridized carbons (Fsp3) is 0.250. The number of anilines is 2. The Bertz CT molecular complexity index is 917. The standard InChI is InChI=1S/C20H18BrClN2O4/c1-12-2-5-15(6-3-12)24-10-13(8-19(24)26)20(27)28-11-18(25)23-17-7-4-14(21)9-16(17)22/h2-7,9,13H,8,10-11H2,1H3,(H,23,25)/t13-/m1/s1. The van der Waals surface area contributed by atoms with Gasteiger partial charge in [-0.25, -0.2) is 0 Å². The number of carbonyl (C=O) groups is 3. The zero-order valence-corrected chi connectivity index (χ0v) is 17.4. The molecule has 1 fully saturated rings. The molecule has 6 nitrogen and oxygen atoms in total. The number of nitrogens with zero attached hydrogens (tertiary/aromatic N) is 1. The van der Waals surface area contributed by atoms with E-state index >= 15 is 0 Å². The van der Waals surface area contributed by atoms with Gasteiger partial charge in [0.15, 0.2) is 6.61 Å². The van der Waals surface area contributed by atoms with E-state index in [9.17, 15) is 14.4 Å². The lowest BCUT2D eigenvalue weighted by Crippen LogP contribution is -2.28. The predicted octanol–water partition coefficient (Wildman–Crippen LogP) is 3.95. The van der Waals surface area contributed by atoms with E-state index in [0.29, 0.717) is 10.7 Å². The molecule has 146 valence electrons. The van der Waals surface area contributed by atoms with Crippen molar-refractivity contribution in [1.82, 2.24) is 0 Å². The summed E-state index contributed by atoms with van der Waals surface area (Å²) in [6.07, 6.45) is 0.0624. The second-order valence-electron chi connectivity index (χ2n) is 6.52. The molecule has 3 rings (SSSR count). The number of benzene rings is 2. The van der Waals surface area contributed by atoms with Gasteiger partial charge in [0.25, 0.3) is 5.91 Å². The first-order valence-electron chi connectivity index (χ1n) is 8.62. The summed E-state index contributed by atoms with van der Waals surface area (Å²) in [6, 6.07) is 12.5. The van der Waals surface area contributed by atoms with Gasteiger partial charge in [-0.15, -0.1) is 0 Å². The summed E-state index contributed by atoms with van der Waals surface area (Å²) in [5, 5.41) is 2.95. The maximum Gasteiger partial charge on any atom is 0.311 e. The van der Waals surface area contributed by atoms with E-state index in [1.54, 1.807) is 23.1 Å². The first kappa shape index (κ1) is 20.4. The summed E-state index contributed by atoms with van der Waals surface area (Å²) in [4.78, 5) is 38.1. The lowest BCUT2D eigenvalue weighted by atomic mass is 10.1. The highest BCUT2D eigenvalue weighted by molar-refractivity contribution is 9.10. The van der Waals surface area contributed by atoms with Crippen LogP contribution in [-0.2, 0) is 19.1 Å². The molecule has 0 aliphatic carbocycles. The highest BCUT2D eigenvalue weighted by Gasteiger charge is 2.36. The van der Waals surface area contributed by atoms with Gasteiger partial charge in [-0.2, -0.15) is 0 Å². The molecule has 1 saturated heterocycles. The predicted molar refractivity (Wildman–Crippen MR) is 110 cm³/mol. The van der Waals surface area contributed by atoms with Crippen molar-refractivity contribution in [3.05, 3.63) is 57.5 Å². The van der Waals surface area contributed by atoms with E-state index in [1.165, 1.54) is 0 Å². The van der Waals surface area contributed by atoms with Crippen LogP contribution in [0.2, 0.25) is 5.02 Å². The molecule has 2 aromatic rings. The van der Waals surface area contributed by atoms with E-state index in [2.05, 4.69) is 21.2 Å². The first-order chi connectivity index (χ1) is 13.3. The van der Waals surface area contributed by atoms with Gasteiger partial charge in [-0.05, 0) is 37.3 Å². The third kappa shape index (κ3) is 4.91. The molecule has 1 N–H and O–H groups in total. The largest absolute Gasteiger partial charge is 0.455 e. The number of ether oxygens (including phenoxy) is 1. The maximum absolute atomic E-state index is 12.3. The number of amides is 2. The van der Waals surface area contributed by atoms with E-state index < -0.39 is 24.4 Å². The monoisotopic (exact) mass is 464 g/mol. The van der Waals surface area contributed by atoms with Crippen LogP contribution in [0.25, 0.3) is 0 Å². The summed E-state index contributed by atoms with van der Waals surface area (Å²) in [5.74, 6) is -1.81. The number of esters is 1. The Balaban J connectivity index is 1.53. The van der Waals surface area contributed by atoms with Gasteiger partial charge >= 0.3 is 5.97 Å². The molecule has 2 aromatic carbocycles. The van der Waals surface area contributed by atoms with Crippen LogP contribution in [0.15, 0.2) is 46.9 Å². The molecule has 0 aromatic heterocycles. The number of halogens is 2. The molecule has 8 heteroatoms. The molecule has 0 unspecified atom stereocenters. The average molecular weight is 466 g/mol. The Morgan fingerprint density at radius 1 is 1.25 bits per heavy atom. The van der Waals surface area contributed by atoms with Crippen molar-refractivity contribution in [2.45, 2.75) is 13.3 Å². The maximum atomic E-state index is 12.3. The van der Waals surface area contributed by atoms with Gasteiger partial charge < -0.3 is 15.0 Å². The van der Waals surface area contributed by atoms with Crippen molar-refractivity contribution < 1.29 is 19.1 Å². The van der Waals surface area contributed by atoms with Gasteiger partial charge in [0.05, 0.1) is 16.6 Å². The van der Waals surface area contributed by atoms with Gasteiger partial charge in [0.2, 0.25) is 5.91 Å². The number of hydrogen-bond donors (Lipinski definition) is 1. The lowest BCUT2D eigenvalue weighted by Gasteiger charge is -2.16.